The number of anilines is 1. The first-order valence-corrected chi connectivity index (χ1v) is 5.48. The molecule has 78 valence electrons. The Morgan fingerprint density at radius 1 is 1.64 bits per heavy atom. The fourth-order valence-electron chi connectivity index (χ4n) is 1.14. The first kappa shape index (κ1) is 11.4. The van der Waals surface area contributed by atoms with Crippen LogP contribution >= 0.6 is 15.9 Å². The second-order valence-electron chi connectivity index (χ2n) is 3.30. The summed E-state index contributed by atoms with van der Waals surface area (Å²) in [4.78, 5) is 6.26. The van der Waals surface area contributed by atoms with Gasteiger partial charge in [0.25, 0.3) is 0 Å². The Morgan fingerprint density at radius 3 is 2.93 bits per heavy atom. The van der Waals surface area contributed by atoms with Crippen LogP contribution in [-0.4, -0.2) is 23.4 Å². The summed E-state index contributed by atoms with van der Waals surface area (Å²) in [7, 11) is 1.85. The topological polar surface area (TPSA) is 16.1 Å². The first-order chi connectivity index (χ1) is 6.61. The summed E-state index contributed by atoms with van der Waals surface area (Å²) in [6, 6.07) is 3.02. The quantitative estimate of drug-likeness (QED) is 0.775. The van der Waals surface area contributed by atoms with E-state index in [1.165, 1.54) is 6.07 Å². The Labute approximate surface area is 92.3 Å². The Morgan fingerprint density at radius 2 is 2.36 bits per heavy atom. The molecule has 0 aromatic carbocycles. The summed E-state index contributed by atoms with van der Waals surface area (Å²) >= 11 is 3.45. The van der Waals surface area contributed by atoms with E-state index >= 15 is 0 Å². The Hall–Kier alpha value is -0.640. The van der Waals surface area contributed by atoms with Gasteiger partial charge in [-0.1, -0.05) is 22.9 Å². The standard InChI is InChI=1S/C10H14BrFN2/c1-8(11)5-7-14(2)10-9(12)4-3-6-13-10/h3-4,6,8H,5,7H2,1-2H3. The molecule has 0 radical (unpaired) electrons. The van der Waals surface area contributed by atoms with Crippen molar-refractivity contribution in [2.45, 2.75) is 18.2 Å². The maximum atomic E-state index is 13.2. The van der Waals surface area contributed by atoms with Gasteiger partial charge in [0, 0.05) is 24.6 Å². The molecule has 0 fully saturated rings. The zero-order valence-electron chi connectivity index (χ0n) is 8.37. The van der Waals surface area contributed by atoms with Gasteiger partial charge in [0.05, 0.1) is 0 Å². The molecule has 0 aliphatic carbocycles. The van der Waals surface area contributed by atoms with E-state index in [-0.39, 0.29) is 5.82 Å². The van der Waals surface area contributed by atoms with E-state index in [0.717, 1.165) is 13.0 Å². The highest BCUT2D eigenvalue weighted by atomic mass is 79.9. The molecule has 0 bridgehead atoms. The van der Waals surface area contributed by atoms with E-state index in [1.54, 1.807) is 12.3 Å². The molecule has 1 aromatic rings. The molecule has 1 atom stereocenters. The Bertz CT molecular complexity index is 291. The minimum Gasteiger partial charge on any atom is -0.357 e. The molecule has 1 rings (SSSR count). The maximum Gasteiger partial charge on any atom is 0.165 e. The number of alkyl halides is 1. The second-order valence-corrected chi connectivity index (χ2v) is 4.86. The molecule has 0 aliphatic rings. The van der Waals surface area contributed by atoms with E-state index in [0.29, 0.717) is 10.6 Å². The third kappa shape index (κ3) is 3.25. The summed E-state index contributed by atoms with van der Waals surface area (Å²) < 4.78 is 13.2. The molecule has 4 heteroatoms. The largest absolute Gasteiger partial charge is 0.357 e. The Balaban J connectivity index is 2.60. The van der Waals surface area contributed by atoms with Gasteiger partial charge in [0.15, 0.2) is 11.6 Å². The normalized spacial score (nSPS) is 12.6. The summed E-state index contributed by atoms with van der Waals surface area (Å²) in [5, 5.41) is 0. The number of aromatic nitrogens is 1. The van der Waals surface area contributed by atoms with Crippen LogP contribution in [-0.2, 0) is 0 Å². The lowest BCUT2D eigenvalue weighted by atomic mass is 10.3. The monoisotopic (exact) mass is 260 g/mol. The van der Waals surface area contributed by atoms with Crippen LogP contribution in [0.5, 0.6) is 0 Å². The highest BCUT2D eigenvalue weighted by molar-refractivity contribution is 9.09. The summed E-state index contributed by atoms with van der Waals surface area (Å²) in [5.74, 6) is 0.151. The predicted octanol–water partition coefficient (Wildman–Crippen LogP) is 2.83. The average molecular weight is 261 g/mol. The van der Waals surface area contributed by atoms with Gasteiger partial charge < -0.3 is 4.90 Å². The maximum absolute atomic E-state index is 13.2. The molecule has 2 nitrogen and oxygen atoms in total. The molecule has 1 heterocycles. The van der Waals surface area contributed by atoms with Crippen molar-refractivity contribution < 1.29 is 4.39 Å². The Kier molecular flexibility index (Phi) is 4.32. The van der Waals surface area contributed by atoms with Gasteiger partial charge in [0.2, 0.25) is 0 Å². The van der Waals surface area contributed by atoms with Crippen LogP contribution in [0.3, 0.4) is 0 Å². The molecule has 0 saturated heterocycles. The van der Waals surface area contributed by atoms with Gasteiger partial charge >= 0.3 is 0 Å². The zero-order chi connectivity index (χ0) is 10.6. The van der Waals surface area contributed by atoms with Crippen molar-refractivity contribution in [3.8, 4) is 0 Å². The second kappa shape index (κ2) is 5.29. The van der Waals surface area contributed by atoms with Crippen molar-refractivity contribution in [2.75, 3.05) is 18.5 Å². The summed E-state index contributed by atoms with van der Waals surface area (Å²) in [6.07, 6.45) is 2.57. The molecule has 0 amide bonds. The number of nitrogens with zero attached hydrogens (tertiary/aromatic N) is 2. The highest BCUT2D eigenvalue weighted by Gasteiger charge is 2.08. The molecule has 0 saturated carbocycles. The SMILES string of the molecule is CC(Br)CCN(C)c1ncccc1F. The minimum atomic E-state index is -0.266. The van der Waals surface area contributed by atoms with Gasteiger partial charge in [-0.25, -0.2) is 9.37 Å². The van der Waals surface area contributed by atoms with E-state index < -0.39 is 0 Å². The van der Waals surface area contributed by atoms with E-state index in [9.17, 15) is 4.39 Å². The van der Waals surface area contributed by atoms with Crippen molar-refractivity contribution in [2.24, 2.45) is 0 Å². The lowest BCUT2D eigenvalue weighted by Gasteiger charge is -2.18. The van der Waals surface area contributed by atoms with Crippen molar-refractivity contribution in [1.82, 2.24) is 4.98 Å². The fraction of sp³-hybridized carbons (Fsp3) is 0.500. The van der Waals surface area contributed by atoms with Crippen LogP contribution in [0, 0.1) is 5.82 Å². The van der Waals surface area contributed by atoms with Gasteiger partial charge in [0.1, 0.15) is 0 Å². The molecule has 1 unspecified atom stereocenters. The van der Waals surface area contributed by atoms with Gasteiger partial charge in [-0.05, 0) is 18.6 Å². The summed E-state index contributed by atoms with van der Waals surface area (Å²) in [6.45, 7) is 2.86. The predicted molar refractivity (Wildman–Crippen MR) is 60.5 cm³/mol. The van der Waals surface area contributed by atoms with Crippen LogP contribution < -0.4 is 4.90 Å². The molecular formula is C10H14BrFN2. The van der Waals surface area contributed by atoms with Crippen LogP contribution in [0.4, 0.5) is 10.2 Å². The molecular weight excluding hydrogens is 247 g/mol. The zero-order valence-corrected chi connectivity index (χ0v) is 9.96. The molecule has 0 spiro atoms. The molecule has 1 aromatic heterocycles. The lowest BCUT2D eigenvalue weighted by molar-refractivity contribution is 0.612. The highest BCUT2D eigenvalue weighted by Crippen LogP contribution is 2.14. The van der Waals surface area contributed by atoms with Crippen molar-refractivity contribution in [3.05, 3.63) is 24.1 Å². The minimum absolute atomic E-state index is 0.266. The number of halogens is 2. The number of hydrogen-bond acceptors (Lipinski definition) is 2. The first-order valence-electron chi connectivity index (χ1n) is 4.57. The third-order valence-corrected chi connectivity index (χ3v) is 2.42. The van der Waals surface area contributed by atoms with E-state index in [1.807, 2.05) is 11.9 Å². The van der Waals surface area contributed by atoms with E-state index in [4.69, 9.17) is 0 Å². The summed E-state index contributed by atoms with van der Waals surface area (Å²) in [5.41, 5.74) is 0. The van der Waals surface area contributed by atoms with Crippen molar-refractivity contribution >= 4 is 21.7 Å². The van der Waals surface area contributed by atoms with Crippen molar-refractivity contribution in [3.63, 3.8) is 0 Å². The third-order valence-electron chi connectivity index (χ3n) is 1.96. The lowest BCUT2D eigenvalue weighted by Crippen LogP contribution is -2.22. The van der Waals surface area contributed by atoms with Crippen molar-refractivity contribution in [1.29, 1.82) is 0 Å². The fourth-order valence-corrected chi connectivity index (χ4v) is 1.34. The number of rotatable bonds is 4. The van der Waals surface area contributed by atoms with Gasteiger partial charge in [-0.15, -0.1) is 0 Å². The van der Waals surface area contributed by atoms with Crippen LogP contribution in [0.2, 0.25) is 0 Å². The van der Waals surface area contributed by atoms with Gasteiger partial charge in [-0.2, -0.15) is 0 Å². The van der Waals surface area contributed by atoms with E-state index in [2.05, 4.69) is 27.8 Å². The number of pyridine rings is 1. The molecule has 14 heavy (non-hydrogen) atoms. The molecule has 0 N–H and O–H groups in total. The van der Waals surface area contributed by atoms with Crippen LogP contribution in [0.25, 0.3) is 0 Å². The van der Waals surface area contributed by atoms with Gasteiger partial charge in [-0.3, -0.25) is 0 Å². The number of hydrogen-bond donors (Lipinski definition) is 0. The smallest absolute Gasteiger partial charge is 0.165 e. The van der Waals surface area contributed by atoms with Crippen LogP contribution in [0.15, 0.2) is 18.3 Å². The average Bonchev–Trinajstić information content (AvgIpc) is 2.15. The molecule has 0 aliphatic heterocycles. The van der Waals surface area contributed by atoms with Crippen LogP contribution in [0.1, 0.15) is 13.3 Å².